The minimum absolute atomic E-state index is 0.150. The van der Waals surface area contributed by atoms with E-state index in [1.54, 1.807) is 0 Å². The van der Waals surface area contributed by atoms with Crippen molar-refractivity contribution in [1.82, 2.24) is 10.2 Å². The first-order valence-electron chi connectivity index (χ1n) is 7.99. The summed E-state index contributed by atoms with van der Waals surface area (Å²) in [7, 11) is 2.26. The predicted molar refractivity (Wildman–Crippen MR) is 82.4 cm³/mol. The summed E-state index contributed by atoms with van der Waals surface area (Å²) in [6.45, 7) is 10.0. The van der Waals surface area contributed by atoms with Crippen LogP contribution in [0.25, 0.3) is 0 Å². The van der Waals surface area contributed by atoms with Gasteiger partial charge in [-0.15, -0.1) is 0 Å². The Balaban J connectivity index is 2.53. The quantitative estimate of drug-likeness (QED) is 0.746. The molecule has 3 heteroatoms. The molecule has 4 atom stereocenters. The molecule has 2 N–H and O–H groups in total. The van der Waals surface area contributed by atoms with Crippen molar-refractivity contribution in [1.29, 1.82) is 0 Å². The highest BCUT2D eigenvalue weighted by Gasteiger charge is 2.30. The first kappa shape index (κ1) is 16.9. The number of rotatable bonds is 7. The highest BCUT2D eigenvalue weighted by Crippen LogP contribution is 2.29. The van der Waals surface area contributed by atoms with Crippen LogP contribution in [0.3, 0.4) is 0 Å². The van der Waals surface area contributed by atoms with Crippen molar-refractivity contribution in [2.45, 2.75) is 77.4 Å². The molecule has 0 aliphatic heterocycles. The second kappa shape index (κ2) is 7.61. The summed E-state index contributed by atoms with van der Waals surface area (Å²) < 4.78 is 0. The third-order valence-corrected chi connectivity index (χ3v) is 4.88. The summed E-state index contributed by atoms with van der Waals surface area (Å²) in [5, 5.41) is 13.0. The molecule has 0 amide bonds. The first-order chi connectivity index (χ1) is 8.91. The van der Waals surface area contributed by atoms with E-state index in [-0.39, 0.29) is 12.1 Å². The van der Waals surface area contributed by atoms with E-state index < -0.39 is 0 Å². The minimum Gasteiger partial charge on any atom is -0.394 e. The Hall–Kier alpha value is -0.120. The fourth-order valence-corrected chi connectivity index (χ4v) is 3.55. The lowest BCUT2D eigenvalue weighted by Crippen LogP contribution is -2.51. The molecule has 1 aliphatic carbocycles. The van der Waals surface area contributed by atoms with Gasteiger partial charge in [0.2, 0.25) is 0 Å². The second-order valence-corrected chi connectivity index (χ2v) is 6.89. The van der Waals surface area contributed by atoms with E-state index in [2.05, 4.69) is 45.0 Å². The maximum atomic E-state index is 9.62. The van der Waals surface area contributed by atoms with Crippen LogP contribution in [0, 0.1) is 5.92 Å². The molecular formula is C16H34N2O. The Kier molecular flexibility index (Phi) is 6.78. The molecule has 0 saturated heterocycles. The third kappa shape index (κ3) is 5.05. The molecule has 0 heterocycles. The molecule has 4 unspecified atom stereocenters. The zero-order valence-corrected chi connectivity index (χ0v) is 13.6. The molecule has 1 fully saturated rings. The molecule has 0 bridgehead atoms. The van der Waals surface area contributed by atoms with Gasteiger partial charge < -0.3 is 15.3 Å². The Bertz CT molecular complexity index is 259. The van der Waals surface area contributed by atoms with Crippen LogP contribution in [0.1, 0.15) is 59.8 Å². The Morgan fingerprint density at radius 1 is 1.42 bits per heavy atom. The van der Waals surface area contributed by atoms with Gasteiger partial charge in [-0.2, -0.15) is 0 Å². The summed E-state index contributed by atoms with van der Waals surface area (Å²) in [4.78, 5) is 2.54. The highest BCUT2D eigenvalue weighted by molar-refractivity contribution is 4.88. The summed E-state index contributed by atoms with van der Waals surface area (Å²) in [5.41, 5.74) is -0.150. The molecule has 3 nitrogen and oxygen atoms in total. The average molecular weight is 270 g/mol. The van der Waals surface area contributed by atoms with Crippen molar-refractivity contribution in [3.05, 3.63) is 0 Å². The number of nitrogens with one attached hydrogen (secondary N) is 1. The number of hydrogen-bond acceptors (Lipinski definition) is 3. The Morgan fingerprint density at radius 2 is 2.11 bits per heavy atom. The van der Waals surface area contributed by atoms with Gasteiger partial charge in [-0.1, -0.05) is 26.7 Å². The van der Waals surface area contributed by atoms with E-state index in [9.17, 15) is 5.11 Å². The lowest BCUT2D eigenvalue weighted by molar-refractivity contribution is 0.0839. The van der Waals surface area contributed by atoms with E-state index in [4.69, 9.17) is 0 Å². The van der Waals surface area contributed by atoms with Gasteiger partial charge in [-0.25, -0.2) is 0 Å². The number of aliphatic hydroxyl groups is 1. The van der Waals surface area contributed by atoms with E-state index in [0.717, 1.165) is 24.9 Å². The van der Waals surface area contributed by atoms with Crippen LogP contribution in [0.5, 0.6) is 0 Å². The van der Waals surface area contributed by atoms with Crippen LogP contribution in [-0.4, -0.2) is 47.8 Å². The van der Waals surface area contributed by atoms with Gasteiger partial charge >= 0.3 is 0 Å². The lowest BCUT2D eigenvalue weighted by atomic mass is 9.85. The standard InChI is InChI=1S/C16H34N2O/c1-6-17-16(4,12-19)11-14(3)18(5)15-9-7-8-13(2)10-15/h13-15,17,19H,6-12H2,1-5H3. The van der Waals surface area contributed by atoms with Crippen molar-refractivity contribution in [3.8, 4) is 0 Å². The fourth-order valence-electron chi connectivity index (χ4n) is 3.55. The Morgan fingerprint density at radius 3 is 2.63 bits per heavy atom. The summed E-state index contributed by atoms with van der Waals surface area (Å²) in [5.74, 6) is 0.867. The topological polar surface area (TPSA) is 35.5 Å². The number of aliphatic hydroxyl groups excluding tert-OH is 1. The summed E-state index contributed by atoms with van der Waals surface area (Å²) in [6.07, 6.45) is 6.43. The SMILES string of the molecule is CCNC(C)(CO)CC(C)N(C)C1CCCC(C)C1. The van der Waals surface area contributed by atoms with E-state index in [0.29, 0.717) is 6.04 Å². The zero-order chi connectivity index (χ0) is 14.5. The number of likely N-dealkylation sites (N-methyl/N-ethyl adjacent to an activating group) is 1. The van der Waals surface area contributed by atoms with Gasteiger partial charge in [0.15, 0.2) is 0 Å². The van der Waals surface area contributed by atoms with Crippen LogP contribution in [0.4, 0.5) is 0 Å². The number of nitrogens with zero attached hydrogens (tertiary/aromatic N) is 1. The van der Waals surface area contributed by atoms with Gasteiger partial charge in [0, 0.05) is 17.6 Å². The smallest absolute Gasteiger partial charge is 0.0611 e. The second-order valence-electron chi connectivity index (χ2n) is 6.89. The maximum absolute atomic E-state index is 9.62. The molecule has 0 spiro atoms. The van der Waals surface area contributed by atoms with Crippen LogP contribution < -0.4 is 5.32 Å². The third-order valence-electron chi connectivity index (χ3n) is 4.88. The average Bonchev–Trinajstić information content (AvgIpc) is 2.38. The van der Waals surface area contributed by atoms with Gasteiger partial charge in [0.05, 0.1) is 6.61 Å². The largest absolute Gasteiger partial charge is 0.394 e. The monoisotopic (exact) mass is 270 g/mol. The molecule has 19 heavy (non-hydrogen) atoms. The van der Waals surface area contributed by atoms with Crippen molar-refractivity contribution in [3.63, 3.8) is 0 Å². The summed E-state index contributed by atoms with van der Waals surface area (Å²) >= 11 is 0. The molecule has 114 valence electrons. The van der Waals surface area contributed by atoms with Crippen LogP contribution in [0.2, 0.25) is 0 Å². The molecule has 0 aromatic heterocycles. The molecule has 0 aromatic carbocycles. The van der Waals surface area contributed by atoms with Crippen molar-refractivity contribution >= 4 is 0 Å². The van der Waals surface area contributed by atoms with Crippen molar-refractivity contribution in [2.24, 2.45) is 5.92 Å². The van der Waals surface area contributed by atoms with E-state index in [1.165, 1.54) is 25.7 Å². The molecule has 1 aliphatic rings. The zero-order valence-electron chi connectivity index (χ0n) is 13.6. The fraction of sp³-hybridized carbons (Fsp3) is 1.00. The predicted octanol–water partition coefficient (Wildman–Crippen LogP) is 2.64. The van der Waals surface area contributed by atoms with Crippen molar-refractivity contribution in [2.75, 3.05) is 20.2 Å². The molecule has 0 aromatic rings. The van der Waals surface area contributed by atoms with Crippen LogP contribution in [0.15, 0.2) is 0 Å². The normalized spacial score (nSPS) is 29.2. The Labute approximate surface area is 119 Å². The number of hydrogen-bond donors (Lipinski definition) is 2. The molecule has 1 rings (SSSR count). The maximum Gasteiger partial charge on any atom is 0.0611 e. The van der Waals surface area contributed by atoms with Gasteiger partial charge in [-0.3, -0.25) is 0 Å². The lowest BCUT2D eigenvalue weighted by Gasteiger charge is -2.41. The summed E-state index contributed by atoms with van der Waals surface area (Å²) in [6, 6.07) is 1.23. The van der Waals surface area contributed by atoms with Crippen LogP contribution >= 0.6 is 0 Å². The molecule has 0 radical (unpaired) electrons. The van der Waals surface area contributed by atoms with Gasteiger partial charge in [0.1, 0.15) is 0 Å². The van der Waals surface area contributed by atoms with Crippen molar-refractivity contribution < 1.29 is 5.11 Å². The van der Waals surface area contributed by atoms with Gasteiger partial charge in [-0.05, 0) is 52.6 Å². The van der Waals surface area contributed by atoms with Crippen LogP contribution in [-0.2, 0) is 0 Å². The van der Waals surface area contributed by atoms with Gasteiger partial charge in [0.25, 0.3) is 0 Å². The molecule has 1 saturated carbocycles. The minimum atomic E-state index is -0.150. The first-order valence-corrected chi connectivity index (χ1v) is 7.99. The van der Waals surface area contributed by atoms with E-state index in [1.807, 2.05) is 0 Å². The highest BCUT2D eigenvalue weighted by atomic mass is 16.3. The molecular weight excluding hydrogens is 236 g/mol. The van der Waals surface area contributed by atoms with E-state index >= 15 is 0 Å².